The molecule has 0 radical (unpaired) electrons. The largest absolute Gasteiger partial charge is 0.313 e. The molecule has 0 saturated heterocycles. The van der Waals surface area contributed by atoms with Crippen LogP contribution in [0.3, 0.4) is 0 Å². The summed E-state index contributed by atoms with van der Waals surface area (Å²) < 4.78 is 0. The third-order valence-electron chi connectivity index (χ3n) is 1.91. The maximum atomic E-state index is 11.3. The summed E-state index contributed by atoms with van der Waals surface area (Å²) in [4.78, 5) is 21.7. The van der Waals surface area contributed by atoms with Crippen LogP contribution in [0.2, 0.25) is 0 Å². The highest BCUT2D eigenvalue weighted by atomic mass is 16.1. The van der Waals surface area contributed by atoms with Gasteiger partial charge < -0.3 is 4.98 Å². The SMILES string of the molecule is O=c1[nH]cncc1Cc1cccnc1. The lowest BCUT2D eigenvalue weighted by atomic mass is 10.1. The molecule has 70 valence electrons. The summed E-state index contributed by atoms with van der Waals surface area (Å²) in [5.74, 6) is 0. The van der Waals surface area contributed by atoms with Gasteiger partial charge in [-0.3, -0.25) is 9.78 Å². The molecule has 4 nitrogen and oxygen atoms in total. The summed E-state index contributed by atoms with van der Waals surface area (Å²) >= 11 is 0. The molecule has 0 fully saturated rings. The Morgan fingerprint density at radius 2 is 2.21 bits per heavy atom. The Morgan fingerprint density at radius 3 is 2.93 bits per heavy atom. The number of aromatic nitrogens is 3. The lowest BCUT2D eigenvalue weighted by Crippen LogP contribution is -2.12. The van der Waals surface area contributed by atoms with E-state index in [1.165, 1.54) is 6.33 Å². The van der Waals surface area contributed by atoms with Crippen molar-refractivity contribution in [3.05, 3.63) is 58.5 Å². The fourth-order valence-corrected chi connectivity index (χ4v) is 1.22. The zero-order valence-corrected chi connectivity index (χ0v) is 7.47. The van der Waals surface area contributed by atoms with Crippen LogP contribution in [0.25, 0.3) is 0 Å². The molecule has 2 rings (SSSR count). The standard InChI is InChI=1S/C10H9N3O/c14-10-9(6-12-7-13-10)4-8-2-1-3-11-5-8/h1-3,5-7H,4H2,(H,12,13,14). The number of hydrogen-bond donors (Lipinski definition) is 1. The molecule has 0 aromatic carbocycles. The van der Waals surface area contributed by atoms with Crippen LogP contribution in [0.5, 0.6) is 0 Å². The van der Waals surface area contributed by atoms with Crippen LogP contribution in [0.1, 0.15) is 11.1 Å². The minimum absolute atomic E-state index is 0.0937. The average molecular weight is 187 g/mol. The third kappa shape index (κ3) is 1.85. The van der Waals surface area contributed by atoms with Crippen LogP contribution in [-0.4, -0.2) is 15.0 Å². The van der Waals surface area contributed by atoms with Gasteiger partial charge in [-0.15, -0.1) is 0 Å². The summed E-state index contributed by atoms with van der Waals surface area (Å²) in [5.41, 5.74) is 1.57. The number of pyridine rings is 1. The first-order valence-corrected chi connectivity index (χ1v) is 4.27. The Balaban J connectivity index is 2.28. The van der Waals surface area contributed by atoms with Gasteiger partial charge in [-0.05, 0) is 11.6 Å². The molecular formula is C10H9N3O. The number of nitrogens with one attached hydrogen (secondary N) is 1. The second-order valence-electron chi connectivity index (χ2n) is 2.94. The molecule has 0 amide bonds. The Kier molecular flexibility index (Phi) is 2.36. The minimum atomic E-state index is -0.0937. The molecule has 0 bridgehead atoms. The average Bonchev–Trinajstić information content (AvgIpc) is 2.23. The van der Waals surface area contributed by atoms with Gasteiger partial charge in [0.1, 0.15) is 0 Å². The lowest BCUT2D eigenvalue weighted by Gasteiger charge is -1.98. The highest BCUT2D eigenvalue weighted by Gasteiger charge is 2.00. The summed E-state index contributed by atoms with van der Waals surface area (Å²) in [6.45, 7) is 0. The van der Waals surface area contributed by atoms with E-state index in [2.05, 4.69) is 15.0 Å². The Labute approximate surface area is 80.7 Å². The van der Waals surface area contributed by atoms with Crippen molar-refractivity contribution in [3.8, 4) is 0 Å². The lowest BCUT2D eigenvalue weighted by molar-refractivity contribution is 1.02. The van der Waals surface area contributed by atoms with Crippen molar-refractivity contribution in [2.24, 2.45) is 0 Å². The van der Waals surface area contributed by atoms with Crippen molar-refractivity contribution in [1.29, 1.82) is 0 Å². The quantitative estimate of drug-likeness (QED) is 0.754. The molecule has 4 heteroatoms. The van der Waals surface area contributed by atoms with Crippen molar-refractivity contribution < 1.29 is 0 Å². The maximum Gasteiger partial charge on any atom is 0.254 e. The van der Waals surface area contributed by atoms with Gasteiger partial charge in [-0.2, -0.15) is 0 Å². The van der Waals surface area contributed by atoms with E-state index in [4.69, 9.17) is 0 Å². The molecule has 0 aliphatic carbocycles. The van der Waals surface area contributed by atoms with Crippen molar-refractivity contribution in [2.75, 3.05) is 0 Å². The summed E-state index contributed by atoms with van der Waals surface area (Å²) in [7, 11) is 0. The monoisotopic (exact) mass is 187 g/mol. The van der Waals surface area contributed by atoms with E-state index in [-0.39, 0.29) is 5.56 Å². The van der Waals surface area contributed by atoms with Crippen molar-refractivity contribution in [3.63, 3.8) is 0 Å². The van der Waals surface area contributed by atoms with Gasteiger partial charge in [-0.1, -0.05) is 6.07 Å². The van der Waals surface area contributed by atoms with E-state index >= 15 is 0 Å². The van der Waals surface area contributed by atoms with Gasteiger partial charge in [0.15, 0.2) is 0 Å². The first kappa shape index (κ1) is 8.62. The zero-order chi connectivity index (χ0) is 9.80. The fraction of sp³-hybridized carbons (Fsp3) is 0.100. The molecule has 0 aliphatic heterocycles. The van der Waals surface area contributed by atoms with Gasteiger partial charge in [0.25, 0.3) is 5.56 Å². The van der Waals surface area contributed by atoms with Gasteiger partial charge in [0, 0.05) is 30.6 Å². The van der Waals surface area contributed by atoms with Crippen LogP contribution in [0.4, 0.5) is 0 Å². The summed E-state index contributed by atoms with van der Waals surface area (Å²) in [5, 5.41) is 0. The molecule has 0 saturated carbocycles. The van der Waals surface area contributed by atoms with E-state index in [1.807, 2.05) is 12.1 Å². The van der Waals surface area contributed by atoms with Crippen LogP contribution in [0.15, 0.2) is 41.8 Å². The number of H-pyrrole nitrogens is 1. The number of rotatable bonds is 2. The highest BCUT2D eigenvalue weighted by molar-refractivity contribution is 5.18. The predicted molar refractivity (Wildman–Crippen MR) is 51.9 cm³/mol. The van der Waals surface area contributed by atoms with Gasteiger partial charge >= 0.3 is 0 Å². The van der Waals surface area contributed by atoms with Crippen LogP contribution >= 0.6 is 0 Å². The summed E-state index contributed by atoms with van der Waals surface area (Å²) in [6.07, 6.45) is 6.97. The van der Waals surface area contributed by atoms with E-state index in [9.17, 15) is 4.79 Å². The molecule has 0 unspecified atom stereocenters. The smallest absolute Gasteiger partial charge is 0.254 e. The van der Waals surface area contributed by atoms with E-state index in [1.54, 1.807) is 18.6 Å². The Morgan fingerprint density at radius 1 is 1.29 bits per heavy atom. The number of aromatic amines is 1. The van der Waals surface area contributed by atoms with E-state index < -0.39 is 0 Å². The van der Waals surface area contributed by atoms with Crippen LogP contribution < -0.4 is 5.56 Å². The van der Waals surface area contributed by atoms with Gasteiger partial charge in [0.05, 0.1) is 6.33 Å². The zero-order valence-electron chi connectivity index (χ0n) is 7.47. The number of hydrogen-bond acceptors (Lipinski definition) is 3. The number of nitrogens with zero attached hydrogens (tertiary/aromatic N) is 2. The minimum Gasteiger partial charge on any atom is -0.313 e. The highest BCUT2D eigenvalue weighted by Crippen LogP contribution is 2.01. The fourth-order valence-electron chi connectivity index (χ4n) is 1.22. The molecular weight excluding hydrogens is 178 g/mol. The first-order valence-electron chi connectivity index (χ1n) is 4.27. The maximum absolute atomic E-state index is 11.3. The van der Waals surface area contributed by atoms with Crippen LogP contribution in [0, 0.1) is 0 Å². The summed E-state index contributed by atoms with van der Waals surface area (Å²) in [6, 6.07) is 3.78. The van der Waals surface area contributed by atoms with Crippen molar-refractivity contribution in [2.45, 2.75) is 6.42 Å². The first-order chi connectivity index (χ1) is 6.86. The molecule has 0 spiro atoms. The third-order valence-corrected chi connectivity index (χ3v) is 1.91. The molecule has 2 aromatic rings. The van der Waals surface area contributed by atoms with E-state index in [0.29, 0.717) is 12.0 Å². The topological polar surface area (TPSA) is 58.6 Å². The second-order valence-corrected chi connectivity index (χ2v) is 2.94. The van der Waals surface area contributed by atoms with Crippen molar-refractivity contribution in [1.82, 2.24) is 15.0 Å². The van der Waals surface area contributed by atoms with Crippen molar-refractivity contribution >= 4 is 0 Å². The molecule has 2 heterocycles. The van der Waals surface area contributed by atoms with Gasteiger partial charge in [-0.25, -0.2) is 4.98 Å². The predicted octanol–water partition coefficient (Wildman–Crippen LogP) is 0.756. The van der Waals surface area contributed by atoms with Crippen LogP contribution in [-0.2, 0) is 6.42 Å². The second kappa shape index (κ2) is 3.83. The Bertz CT molecular complexity index is 464. The normalized spacial score (nSPS) is 10.0. The molecule has 0 aliphatic rings. The van der Waals surface area contributed by atoms with Gasteiger partial charge in [0.2, 0.25) is 0 Å². The molecule has 0 atom stereocenters. The molecule has 1 N–H and O–H groups in total. The van der Waals surface area contributed by atoms with E-state index in [0.717, 1.165) is 5.56 Å². The molecule has 2 aromatic heterocycles. The molecule has 14 heavy (non-hydrogen) atoms. The Hall–Kier alpha value is -1.97.